The normalized spacial score (nSPS) is 11.9. The van der Waals surface area contributed by atoms with E-state index >= 15 is 0 Å². The zero-order valence-corrected chi connectivity index (χ0v) is 16.6. The number of hydrogen-bond acceptors (Lipinski definition) is 4. The summed E-state index contributed by atoms with van der Waals surface area (Å²) in [4.78, 5) is 12.5. The fraction of sp³-hybridized carbons (Fsp3) is 0.200. The van der Waals surface area contributed by atoms with Gasteiger partial charge in [-0.2, -0.15) is 5.10 Å². The van der Waals surface area contributed by atoms with Crippen LogP contribution in [0.25, 0.3) is 11.3 Å². The average molecular weight is 405 g/mol. The lowest BCUT2D eigenvalue weighted by atomic mass is 10.1. The summed E-state index contributed by atoms with van der Waals surface area (Å²) in [6.45, 7) is 1.75. The molecule has 0 saturated heterocycles. The third-order valence-electron chi connectivity index (χ3n) is 4.16. The van der Waals surface area contributed by atoms with Crippen LogP contribution in [0.5, 0.6) is 5.75 Å². The molecule has 3 aromatic rings. The van der Waals surface area contributed by atoms with Gasteiger partial charge in [0.25, 0.3) is 0 Å². The number of aryl methyl sites for hydroxylation is 1. The number of nitrogens with zero attached hydrogens (tertiary/aromatic N) is 2. The largest absolute Gasteiger partial charge is 0.497 e. The lowest BCUT2D eigenvalue weighted by Crippen LogP contribution is -2.10. The minimum absolute atomic E-state index is 0.222. The van der Waals surface area contributed by atoms with Crippen LogP contribution < -0.4 is 4.74 Å². The molecule has 1 unspecified atom stereocenters. The maximum atomic E-state index is 12.5. The molecule has 7 heteroatoms. The molecule has 1 atom stereocenters. The summed E-state index contributed by atoms with van der Waals surface area (Å²) < 4.78 is 12.3. The van der Waals surface area contributed by atoms with E-state index in [1.807, 2.05) is 24.3 Å². The van der Waals surface area contributed by atoms with Gasteiger partial charge in [0, 0.05) is 28.2 Å². The Kier molecular flexibility index (Phi) is 5.73. The van der Waals surface area contributed by atoms with Crippen LogP contribution >= 0.6 is 23.2 Å². The first-order valence-electron chi connectivity index (χ1n) is 8.23. The van der Waals surface area contributed by atoms with Crippen molar-refractivity contribution in [3.8, 4) is 17.0 Å². The van der Waals surface area contributed by atoms with Gasteiger partial charge >= 0.3 is 5.97 Å². The van der Waals surface area contributed by atoms with Crippen molar-refractivity contribution < 1.29 is 14.3 Å². The molecule has 0 radical (unpaired) electrons. The molecular formula is C20H18Cl2N2O3. The number of rotatable bonds is 5. The molecule has 0 saturated carbocycles. The third-order valence-corrected chi connectivity index (χ3v) is 4.72. The Morgan fingerprint density at radius 3 is 2.44 bits per heavy atom. The van der Waals surface area contributed by atoms with Crippen LogP contribution in [0.15, 0.2) is 48.5 Å². The predicted octanol–water partition coefficient (Wildman–Crippen LogP) is 5.32. The van der Waals surface area contributed by atoms with Crippen LogP contribution in [0.3, 0.4) is 0 Å². The number of aromatic nitrogens is 2. The summed E-state index contributed by atoms with van der Waals surface area (Å²) >= 11 is 12.1. The Morgan fingerprint density at radius 1 is 1.11 bits per heavy atom. The molecule has 5 nitrogen and oxygen atoms in total. The fourth-order valence-corrected chi connectivity index (χ4v) is 3.28. The molecule has 27 heavy (non-hydrogen) atoms. The summed E-state index contributed by atoms with van der Waals surface area (Å²) in [6.07, 6.45) is -0.534. The van der Waals surface area contributed by atoms with Gasteiger partial charge in [-0.05, 0) is 49.4 Å². The molecule has 0 aliphatic carbocycles. The molecule has 140 valence electrons. The van der Waals surface area contributed by atoms with Crippen molar-refractivity contribution in [2.24, 2.45) is 7.05 Å². The Labute approximate surface area is 167 Å². The van der Waals surface area contributed by atoms with E-state index < -0.39 is 12.1 Å². The SMILES string of the molecule is COc1ccc(-c2cc(C(=O)OC(C)c3ccc(Cl)cc3Cl)nn2C)cc1. The summed E-state index contributed by atoms with van der Waals surface area (Å²) in [7, 11) is 3.39. The van der Waals surface area contributed by atoms with E-state index in [2.05, 4.69) is 5.10 Å². The van der Waals surface area contributed by atoms with Crippen LogP contribution in [0.1, 0.15) is 29.1 Å². The number of ether oxygens (including phenoxy) is 2. The van der Waals surface area contributed by atoms with Crippen LogP contribution in [0, 0.1) is 0 Å². The lowest BCUT2D eigenvalue weighted by molar-refractivity contribution is 0.0330. The molecule has 0 aliphatic rings. The number of benzene rings is 2. The molecule has 1 heterocycles. The molecule has 0 amide bonds. The molecule has 0 bridgehead atoms. The maximum Gasteiger partial charge on any atom is 0.359 e. The number of carbonyl (C=O) groups excluding carboxylic acids is 1. The molecule has 0 aliphatic heterocycles. The van der Waals surface area contributed by atoms with Crippen molar-refractivity contribution >= 4 is 29.2 Å². The summed E-state index contributed by atoms with van der Waals surface area (Å²) in [5.74, 6) is 0.234. The topological polar surface area (TPSA) is 53.4 Å². The Balaban J connectivity index is 1.79. The molecule has 0 N–H and O–H groups in total. The van der Waals surface area contributed by atoms with Crippen LogP contribution in [-0.4, -0.2) is 22.9 Å². The van der Waals surface area contributed by atoms with Gasteiger partial charge in [0.2, 0.25) is 0 Å². The molecule has 1 aromatic heterocycles. The third kappa shape index (κ3) is 4.26. The zero-order valence-electron chi connectivity index (χ0n) is 15.1. The lowest BCUT2D eigenvalue weighted by Gasteiger charge is -2.14. The van der Waals surface area contributed by atoms with E-state index in [1.165, 1.54) is 0 Å². The highest BCUT2D eigenvalue weighted by Gasteiger charge is 2.20. The number of esters is 1. The zero-order chi connectivity index (χ0) is 19.6. The van der Waals surface area contributed by atoms with E-state index in [1.54, 1.807) is 50.0 Å². The van der Waals surface area contributed by atoms with Gasteiger partial charge in [-0.25, -0.2) is 4.79 Å². The highest BCUT2D eigenvalue weighted by atomic mass is 35.5. The summed E-state index contributed by atoms with van der Waals surface area (Å²) in [5, 5.41) is 5.24. The van der Waals surface area contributed by atoms with E-state index in [-0.39, 0.29) is 5.69 Å². The number of halogens is 2. The standard InChI is InChI=1S/C20H18Cl2N2O3/c1-12(16-9-6-14(21)10-17(16)22)27-20(25)18-11-19(24(2)23-18)13-4-7-15(26-3)8-5-13/h4-12H,1-3H3. The van der Waals surface area contributed by atoms with E-state index in [9.17, 15) is 4.79 Å². The molecule has 0 spiro atoms. The monoisotopic (exact) mass is 404 g/mol. The quantitative estimate of drug-likeness (QED) is 0.539. The van der Waals surface area contributed by atoms with Crippen molar-refractivity contribution in [3.63, 3.8) is 0 Å². The number of hydrogen-bond donors (Lipinski definition) is 0. The van der Waals surface area contributed by atoms with Crippen molar-refractivity contribution in [2.45, 2.75) is 13.0 Å². The predicted molar refractivity (Wildman–Crippen MR) is 105 cm³/mol. The Hall–Kier alpha value is -2.50. The van der Waals surface area contributed by atoms with Gasteiger partial charge in [0.1, 0.15) is 11.9 Å². The fourth-order valence-electron chi connectivity index (χ4n) is 2.71. The van der Waals surface area contributed by atoms with Gasteiger partial charge < -0.3 is 9.47 Å². The average Bonchev–Trinajstić information content (AvgIpc) is 3.03. The van der Waals surface area contributed by atoms with E-state index in [4.69, 9.17) is 32.7 Å². The van der Waals surface area contributed by atoms with Gasteiger partial charge in [-0.1, -0.05) is 29.3 Å². The molecular weight excluding hydrogens is 387 g/mol. The van der Waals surface area contributed by atoms with Gasteiger partial charge in [-0.3, -0.25) is 4.68 Å². The second-order valence-corrected chi connectivity index (χ2v) is 6.82. The van der Waals surface area contributed by atoms with Crippen molar-refractivity contribution in [1.29, 1.82) is 0 Å². The molecule has 2 aromatic carbocycles. The smallest absolute Gasteiger partial charge is 0.359 e. The molecule has 3 rings (SSSR count). The highest BCUT2D eigenvalue weighted by molar-refractivity contribution is 6.35. The van der Waals surface area contributed by atoms with Crippen LogP contribution in [0.4, 0.5) is 0 Å². The van der Waals surface area contributed by atoms with Crippen LogP contribution in [0.2, 0.25) is 10.0 Å². The molecule has 0 fully saturated rings. The minimum Gasteiger partial charge on any atom is -0.497 e. The van der Waals surface area contributed by atoms with Crippen molar-refractivity contribution in [3.05, 3.63) is 69.8 Å². The second kappa shape index (κ2) is 8.03. The first-order chi connectivity index (χ1) is 12.9. The van der Waals surface area contributed by atoms with Gasteiger partial charge in [0.15, 0.2) is 5.69 Å². The van der Waals surface area contributed by atoms with Crippen molar-refractivity contribution in [1.82, 2.24) is 9.78 Å². The second-order valence-electron chi connectivity index (χ2n) is 5.98. The number of carbonyl (C=O) groups is 1. The van der Waals surface area contributed by atoms with Crippen LogP contribution in [-0.2, 0) is 11.8 Å². The summed E-state index contributed by atoms with van der Waals surface area (Å²) in [6, 6.07) is 14.3. The minimum atomic E-state index is -0.534. The summed E-state index contributed by atoms with van der Waals surface area (Å²) in [5.41, 5.74) is 2.61. The van der Waals surface area contributed by atoms with E-state index in [0.717, 1.165) is 17.0 Å². The van der Waals surface area contributed by atoms with Crippen molar-refractivity contribution in [2.75, 3.05) is 7.11 Å². The number of methoxy groups -OCH3 is 1. The van der Waals surface area contributed by atoms with Gasteiger partial charge in [-0.15, -0.1) is 0 Å². The Bertz CT molecular complexity index is 968. The van der Waals surface area contributed by atoms with Gasteiger partial charge in [0.05, 0.1) is 12.8 Å². The first-order valence-corrected chi connectivity index (χ1v) is 8.99. The highest BCUT2D eigenvalue weighted by Crippen LogP contribution is 2.29. The first kappa shape index (κ1) is 19.3. The maximum absolute atomic E-state index is 12.5. The van der Waals surface area contributed by atoms with E-state index in [0.29, 0.717) is 15.6 Å². The Morgan fingerprint density at radius 2 is 1.81 bits per heavy atom.